The van der Waals surface area contributed by atoms with Crippen LogP contribution in [0.5, 0.6) is 23.0 Å². The molecule has 2 aromatic rings. The first-order valence-electron chi connectivity index (χ1n) is 10.2. The molecular weight excluding hydrogens is 420 g/mol. The molecule has 1 aliphatic heterocycles. The predicted molar refractivity (Wildman–Crippen MR) is 118 cm³/mol. The molecule has 0 aliphatic carbocycles. The fourth-order valence-corrected chi connectivity index (χ4v) is 4.89. The number of rotatable bonds is 10. The summed E-state index contributed by atoms with van der Waals surface area (Å²) in [4.78, 5) is 2.44. The lowest BCUT2D eigenvalue weighted by atomic mass is 10.1. The summed E-state index contributed by atoms with van der Waals surface area (Å²) in [6, 6.07) is 12.0. The first-order chi connectivity index (χ1) is 15.0. The smallest absolute Gasteiger partial charge is 0.240 e. The number of sulfonamides is 1. The van der Waals surface area contributed by atoms with Crippen molar-refractivity contribution in [1.82, 2.24) is 9.62 Å². The number of nitrogens with one attached hydrogen (secondary N) is 1. The molecule has 3 rings (SSSR count). The average molecular weight is 451 g/mol. The number of para-hydroxylation sites is 2. The van der Waals surface area contributed by atoms with Crippen molar-refractivity contribution in [3.05, 3.63) is 42.5 Å². The van der Waals surface area contributed by atoms with E-state index in [1.807, 2.05) is 24.3 Å². The van der Waals surface area contributed by atoms with Crippen molar-refractivity contribution in [3.8, 4) is 23.0 Å². The summed E-state index contributed by atoms with van der Waals surface area (Å²) in [6.45, 7) is 2.92. The molecule has 0 radical (unpaired) electrons. The molecular formula is C22H30N2O6S. The van der Waals surface area contributed by atoms with Crippen LogP contribution < -0.4 is 23.7 Å². The van der Waals surface area contributed by atoms with Gasteiger partial charge in [-0.15, -0.1) is 0 Å². The quantitative estimate of drug-likeness (QED) is 0.595. The molecule has 9 heteroatoms. The Morgan fingerprint density at radius 3 is 2.16 bits per heavy atom. The highest BCUT2D eigenvalue weighted by Gasteiger charge is 2.25. The number of benzene rings is 2. The van der Waals surface area contributed by atoms with Crippen molar-refractivity contribution in [2.24, 2.45) is 0 Å². The van der Waals surface area contributed by atoms with Gasteiger partial charge in [0, 0.05) is 18.7 Å². The van der Waals surface area contributed by atoms with Gasteiger partial charge in [-0.25, -0.2) is 13.1 Å². The molecule has 1 aliphatic rings. The summed E-state index contributed by atoms with van der Waals surface area (Å²) in [7, 11) is 0.977. The minimum Gasteiger partial charge on any atom is -0.493 e. The third-order valence-electron chi connectivity index (χ3n) is 5.31. The monoisotopic (exact) mass is 450 g/mol. The second kappa shape index (κ2) is 10.7. The molecule has 0 bridgehead atoms. The van der Waals surface area contributed by atoms with Crippen LogP contribution in [0.4, 0.5) is 0 Å². The summed E-state index contributed by atoms with van der Waals surface area (Å²) in [5.41, 5.74) is 0. The third-order valence-corrected chi connectivity index (χ3v) is 6.83. The van der Waals surface area contributed by atoms with Gasteiger partial charge in [0.15, 0.2) is 23.0 Å². The van der Waals surface area contributed by atoms with Crippen LogP contribution in [0.25, 0.3) is 0 Å². The lowest BCUT2D eigenvalue weighted by molar-refractivity contribution is 0.168. The molecule has 1 N–H and O–H groups in total. The predicted octanol–water partition coefficient (Wildman–Crippen LogP) is 2.53. The van der Waals surface area contributed by atoms with Crippen molar-refractivity contribution < 1.29 is 27.4 Å². The second-order valence-corrected chi connectivity index (χ2v) is 8.97. The number of likely N-dealkylation sites (tertiary alicyclic amines) is 1. The summed E-state index contributed by atoms with van der Waals surface area (Å²) in [6.07, 6.45) is 1.47. The third kappa shape index (κ3) is 6.03. The molecule has 0 saturated carbocycles. The zero-order valence-corrected chi connectivity index (χ0v) is 19.0. The highest BCUT2D eigenvalue weighted by molar-refractivity contribution is 7.89. The SMILES string of the molecule is COc1ccc(S(=O)(=O)NC2CCN(CCOc3ccccc3OC)CC2)cc1OC. The summed E-state index contributed by atoms with van der Waals surface area (Å²) >= 11 is 0. The van der Waals surface area contributed by atoms with Gasteiger partial charge >= 0.3 is 0 Å². The zero-order valence-electron chi connectivity index (χ0n) is 18.2. The van der Waals surface area contributed by atoms with Gasteiger partial charge in [-0.1, -0.05) is 12.1 Å². The average Bonchev–Trinajstić information content (AvgIpc) is 2.79. The lowest BCUT2D eigenvalue weighted by Crippen LogP contribution is -2.45. The molecule has 0 unspecified atom stereocenters. The lowest BCUT2D eigenvalue weighted by Gasteiger charge is -2.32. The van der Waals surface area contributed by atoms with Crippen molar-refractivity contribution in [2.45, 2.75) is 23.8 Å². The molecule has 2 aromatic carbocycles. The standard InChI is InChI=1S/C22H30N2O6S/c1-27-19-6-4-5-7-21(19)30-15-14-24-12-10-17(11-13-24)23-31(25,26)18-8-9-20(28-2)22(16-18)29-3/h4-9,16-17,23H,10-15H2,1-3H3. The summed E-state index contributed by atoms with van der Waals surface area (Å²) in [5.74, 6) is 2.31. The number of methoxy groups -OCH3 is 3. The fraction of sp³-hybridized carbons (Fsp3) is 0.455. The Morgan fingerprint density at radius 1 is 0.903 bits per heavy atom. The maximum absolute atomic E-state index is 12.8. The van der Waals surface area contributed by atoms with Crippen molar-refractivity contribution in [1.29, 1.82) is 0 Å². The van der Waals surface area contributed by atoms with E-state index < -0.39 is 10.0 Å². The molecule has 1 fully saturated rings. The van der Waals surface area contributed by atoms with E-state index in [1.54, 1.807) is 13.2 Å². The van der Waals surface area contributed by atoms with Crippen molar-refractivity contribution in [3.63, 3.8) is 0 Å². The van der Waals surface area contributed by atoms with Crippen molar-refractivity contribution >= 4 is 10.0 Å². The van der Waals surface area contributed by atoms with Crippen LogP contribution in [-0.4, -0.2) is 66.9 Å². The fourth-order valence-electron chi connectivity index (χ4n) is 3.57. The van der Waals surface area contributed by atoms with E-state index in [1.165, 1.54) is 26.4 Å². The summed E-state index contributed by atoms with van der Waals surface area (Å²) in [5, 5.41) is 0. The van der Waals surface area contributed by atoms with E-state index in [2.05, 4.69) is 9.62 Å². The highest BCUT2D eigenvalue weighted by atomic mass is 32.2. The maximum Gasteiger partial charge on any atom is 0.240 e. The Balaban J connectivity index is 1.48. The van der Waals surface area contributed by atoms with Gasteiger partial charge in [0.2, 0.25) is 10.0 Å². The van der Waals surface area contributed by atoms with E-state index in [4.69, 9.17) is 18.9 Å². The van der Waals surface area contributed by atoms with Gasteiger partial charge in [0.05, 0.1) is 26.2 Å². The topological polar surface area (TPSA) is 86.3 Å². The van der Waals surface area contributed by atoms with Crippen molar-refractivity contribution in [2.75, 3.05) is 47.6 Å². The minimum atomic E-state index is -3.64. The van der Waals surface area contributed by atoms with E-state index >= 15 is 0 Å². The molecule has 31 heavy (non-hydrogen) atoms. The van der Waals surface area contributed by atoms with Crippen LogP contribution in [0.2, 0.25) is 0 Å². The number of piperidine rings is 1. The van der Waals surface area contributed by atoms with Gasteiger partial charge in [0.25, 0.3) is 0 Å². The van der Waals surface area contributed by atoms with E-state index in [0.717, 1.165) is 38.2 Å². The Hall–Kier alpha value is -2.49. The van der Waals surface area contributed by atoms with E-state index in [9.17, 15) is 8.42 Å². The normalized spacial score (nSPS) is 15.5. The maximum atomic E-state index is 12.8. The zero-order chi connectivity index (χ0) is 22.3. The number of hydrogen-bond donors (Lipinski definition) is 1. The molecule has 0 amide bonds. The van der Waals surface area contributed by atoms with Crippen LogP contribution >= 0.6 is 0 Å². The van der Waals surface area contributed by atoms with Crippen LogP contribution in [0.3, 0.4) is 0 Å². The molecule has 0 aromatic heterocycles. The molecule has 1 saturated heterocycles. The largest absolute Gasteiger partial charge is 0.493 e. The van der Waals surface area contributed by atoms with Crippen LogP contribution in [0, 0.1) is 0 Å². The van der Waals surface area contributed by atoms with E-state index in [-0.39, 0.29) is 10.9 Å². The van der Waals surface area contributed by atoms with Gasteiger partial charge < -0.3 is 18.9 Å². The molecule has 0 atom stereocenters. The Bertz CT molecular complexity index is 958. The van der Waals surface area contributed by atoms with Crippen LogP contribution in [0.1, 0.15) is 12.8 Å². The molecule has 170 valence electrons. The van der Waals surface area contributed by atoms with Gasteiger partial charge in [0.1, 0.15) is 6.61 Å². The number of hydrogen-bond acceptors (Lipinski definition) is 7. The Kier molecular flexibility index (Phi) is 8.00. The first-order valence-corrected chi connectivity index (χ1v) is 11.7. The number of nitrogens with zero attached hydrogens (tertiary/aromatic N) is 1. The molecule has 1 heterocycles. The first kappa shape index (κ1) is 23.2. The van der Waals surface area contributed by atoms with Gasteiger partial charge in [-0.3, -0.25) is 4.90 Å². The summed E-state index contributed by atoms with van der Waals surface area (Å²) < 4.78 is 49.9. The molecule has 8 nitrogen and oxygen atoms in total. The van der Waals surface area contributed by atoms with Crippen LogP contribution in [0.15, 0.2) is 47.4 Å². The Labute approximate surface area is 184 Å². The van der Waals surface area contributed by atoms with Crippen LogP contribution in [-0.2, 0) is 10.0 Å². The highest BCUT2D eigenvalue weighted by Crippen LogP contribution is 2.30. The molecule has 0 spiro atoms. The number of ether oxygens (including phenoxy) is 4. The van der Waals surface area contributed by atoms with E-state index in [0.29, 0.717) is 23.9 Å². The Morgan fingerprint density at radius 2 is 1.52 bits per heavy atom. The second-order valence-electron chi connectivity index (χ2n) is 7.25. The van der Waals surface area contributed by atoms with Gasteiger partial charge in [-0.2, -0.15) is 0 Å². The minimum absolute atomic E-state index is 0.107. The van der Waals surface area contributed by atoms with Gasteiger partial charge in [-0.05, 0) is 50.2 Å².